The highest BCUT2D eigenvalue weighted by Gasteiger charge is 2.36. The van der Waals surface area contributed by atoms with Crippen molar-refractivity contribution in [1.29, 1.82) is 0 Å². The molecule has 0 bridgehead atoms. The maximum atomic E-state index is 12.8. The molecule has 7 nitrogen and oxygen atoms in total. The van der Waals surface area contributed by atoms with Gasteiger partial charge in [0.05, 0.1) is 15.2 Å². The molecule has 3 aromatic heterocycles. The third-order valence-corrected chi connectivity index (χ3v) is 6.71. The second-order valence-corrected chi connectivity index (χ2v) is 8.23. The van der Waals surface area contributed by atoms with Crippen LogP contribution in [0, 0.1) is 0 Å². The molecule has 0 aliphatic carbocycles. The van der Waals surface area contributed by atoms with Gasteiger partial charge in [0.25, 0.3) is 5.91 Å². The smallest absolute Gasteiger partial charge is 0.272 e. The van der Waals surface area contributed by atoms with Gasteiger partial charge in [-0.2, -0.15) is 10.3 Å². The van der Waals surface area contributed by atoms with Crippen LogP contribution in [-0.4, -0.2) is 49.3 Å². The first-order valence-electron chi connectivity index (χ1n) is 8.95. The Labute approximate surface area is 159 Å². The minimum Gasteiger partial charge on any atom is -0.337 e. The number of hydrogen-bond acceptors (Lipinski definition) is 6. The van der Waals surface area contributed by atoms with Gasteiger partial charge in [-0.3, -0.25) is 4.79 Å². The fourth-order valence-electron chi connectivity index (χ4n) is 3.57. The molecule has 0 spiro atoms. The van der Waals surface area contributed by atoms with E-state index in [1.165, 1.54) is 4.70 Å². The summed E-state index contributed by atoms with van der Waals surface area (Å²) in [7, 11) is 0. The number of H-pyrrole nitrogens is 1. The van der Waals surface area contributed by atoms with E-state index < -0.39 is 0 Å². The Morgan fingerprint density at radius 2 is 1.89 bits per heavy atom. The van der Waals surface area contributed by atoms with E-state index in [9.17, 15) is 4.79 Å². The Balaban J connectivity index is 1.34. The average Bonchev–Trinajstić information content (AvgIpc) is 3.34. The van der Waals surface area contributed by atoms with Crippen molar-refractivity contribution in [3.8, 4) is 0 Å². The van der Waals surface area contributed by atoms with E-state index in [1.807, 2.05) is 17.0 Å². The lowest BCUT2D eigenvalue weighted by molar-refractivity contribution is 0.0670. The van der Waals surface area contributed by atoms with E-state index in [1.54, 1.807) is 23.5 Å². The fraction of sp³-hybridized carbons (Fsp3) is 0.316. The van der Waals surface area contributed by atoms with Gasteiger partial charge in [-0.25, -0.2) is 9.97 Å². The molecule has 1 aromatic carbocycles. The van der Waals surface area contributed by atoms with Gasteiger partial charge < -0.3 is 4.90 Å². The van der Waals surface area contributed by atoms with E-state index >= 15 is 0 Å². The van der Waals surface area contributed by atoms with Gasteiger partial charge >= 0.3 is 0 Å². The SMILES string of the molecule is CC1(c2nc3ccccc3s2)CCN(C(=O)c2ccc3n[nH]nc3n2)CC1. The van der Waals surface area contributed by atoms with Crippen molar-refractivity contribution < 1.29 is 4.79 Å². The largest absolute Gasteiger partial charge is 0.337 e. The third kappa shape index (κ3) is 2.76. The number of carbonyl (C=O) groups excluding carboxylic acids is 1. The number of nitrogens with zero attached hydrogens (tertiary/aromatic N) is 5. The molecule has 1 saturated heterocycles. The Morgan fingerprint density at radius 1 is 1.07 bits per heavy atom. The summed E-state index contributed by atoms with van der Waals surface area (Å²) in [5.74, 6) is -0.0498. The Kier molecular flexibility index (Phi) is 3.68. The number of pyridine rings is 1. The van der Waals surface area contributed by atoms with Gasteiger partial charge in [0, 0.05) is 18.5 Å². The Hall–Kier alpha value is -2.87. The summed E-state index contributed by atoms with van der Waals surface area (Å²) < 4.78 is 1.22. The number of amides is 1. The molecule has 4 aromatic rings. The topological polar surface area (TPSA) is 87.7 Å². The van der Waals surface area contributed by atoms with Crippen LogP contribution in [0.15, 0.2) is 36.4 Å². The van der Waals surface area contributed by atoms with Gasteiger partial charge in [0.1, 0.15) is 11.2 Å². The van der Waals surface area contributed by atoms with Crippen LogP contribution < -0.4 is 0 Å². The molecule has 4 heterocycles. The quantitative estimate of drug-likeness (QED) is 0.579. The van der Waals surface area contributed by atoms with E-state index in [2.05, 4.69) is 39.5 Å². The van der Waals surface area contributed by atoms with E-state index in [-0.39, 0.29) is 11.3 Å². The summed E-state index contributed by atoms with van der Waals surface area (Å²) >= 11 is 1.77. The predicted molar refractivity (Wildman–Crippen MR) is 104 cm³/mol. The molecule has 1 N–H and O–H groups in total. The van der Waals surface area contributed by atoms with E-state index in [0.717, 1.165) is 23.4 Å². The molecule has 1 fully saturated rings. The first kappa shape index (κ1) is 16.3. The second kappa shape index (κ2) is 6.09. The van der Waals surface area contributed by atoms with Crippen molar-refractivity contribution in [2.75, 3.05) is 13.1 Å². The number of hydrogen-bond donors (Lipinski definition) is 1. The maximum Gasteiger partial charge on any atom is 0.272 e. The molecular formula is C19H18N6OS. The number of para-hydroxylation sites is 1. The molecule has 0 atom stereocenters. The highest BCUT2D eigenvalue weighted by Crippen LogP contribution is 2.39. The molecule has 136 valence electrons. The zero-order valence-electron chi connectivity index (χ0n) is 14.8. The monoisotopic (exact) mass is 378 g/mol. The molecular weight excluding hydrogens is 360 g/mol. The van der Waals surface area contributed by atoms with Crippen molar-refractivity contribution >= 4 is 38.6 Å². The predicted octanol–water partition coefficient (Wildman–Crippen LogP) is 3.16. The molecule has 1 aliphatic heterocycles. The standard InChI is InChI=1S/C19H18N6OS/c1-19(18-21-12-4-2-3-5-15(12)27-18)8-10-25(11-9-19)17(26)14-7-6-13-16(20-14)23-24-22-13/h2-7H,8-11H2,1H3,(H,20,22,23,24). The summed E-state index contributed by atoms with van der Waals surface area (Å²) in [4.78, 5) is 23.9. The van der Waals surface area contributed by atoms with Gasteiger partial charge in [0.15, 0.2) is 0 Å². The molecule has 27 heavy (non-hydrogen) atoms. The van der Waals surface area contributed by atoms with Crippen LogP contribution in [0.5, 0.6) is 0 Å². The lowest BCUT2D eigenvalue weighted by atomic mass is 9.81. The van der Waals surface area contributed by atoms with Crippen LogP contribution in [0.2, 0.25) is 0 Å². The summed E-state index contributed by atoms with van der Waals surface area (Å²) in [6.07, 6.45) is 1.79. The number of likely N-dealkylation sites (tertiary alicyclic amines) is 1. The number of benzene rings is 1. The van der Waals surface area contributed by atoms with Crippen LogP contribution in [0.25, 0.3) is 21.4 Å². The molecule has 0 saturated carbocycles. The lowest BCUT2D eigenvalue weighted by Crippen LogP contribution is -2.44. The number of rotatable bonds is 2. The van der Waals surface area contributed by atoms with Crippen LogP contribution in [-0.2, 0) is 5.41 Å². The minimum absolute atomic E-state index is 0.00393. The number of aromatic nitrogens is 5. The highest BCUT2D eigenvalue weighted by molar-refractivity contribution is 7.18. The van der Waals surface area contributed by atoms with Crippen molar-refractivity contribution in [3.05, 3.63) is 47.1 Å². The van der Waals surface area contributed by atoms with E-state index in [0.29, 0.717) is 29.9 Å². The average molecular weight is 378 g/mol. The highest BCUT2D eigenvalue weighted by atomic mass is 32.1. The van der Waals surface area contributed by atoms with Crippen LogP contribution in [0.1, 0.15) is 35.3 Å². The van der Waals surface area contributed by atoms with Gasteiger partial charge in [-0.05, 0) is 37.1 Å². The zero-order chi connectivity index (χ0) is 18.4. The van der Waals surface area contributed by atoms with Crippen LogP contribution in [0.4, 0.5) is 0 Å². The molecule has 1 amide bonds. The van der Waals surface area contributed by atoms with Crippen molar-refractivity contribution in [2.24, 2.45) is 0 Å². The number of fused-ring (bicyclic) bond motifs is 2. The molecule has 0 unspecified atom stereocenters. The number of carbonyl (C=O) groups is 1. The van der Waals surface area contributed by atoms with Gasteiger partial charge in [-0.15, -0.1) is 16.4 Å². The van der Waals surface area contributed by atoms with Crippen LogP contribution in [0.3, 0.4) is 0 Å². The normalized spacial score (nSPS) is 16.9. The van der Waals surface area contributed by atoms with Crippen molar-refractivity contribution in [1.82, 2.24) is 30.3 Å². The van der Waals surface area contributed by atoms with Gasteiger partial charge in [-0.1, -0.05) is 19.1 Å². The molecule has 8 heteroatoms. The minimum atomic E-state index is -0.0498. The third-order valence-electron chi connectivity index (χ3n) is 5.36. The summed E-state index contributed by atoms with van der Waals surface area (Å²) in [5.41, 5.74) is 2.61. The lowest BCUT2D eigenvalue weighted by Gasteiger charge is -2.38. The van der Waals surface area contributed by atoms with Crippen molar-refractivity contribution in [3.63, 3.8) is 0 Å². The number of piperidine rings is 1. The maximum absolute atomic E-state index is 12.8. The summed E-state index contributed by atoms with van der Waals surface area (Å²) in [6.45, 7) is 3.65. The Bertz CT molecular complexity index is 1110. The van der Waals surface area contributed by atoms with Crippen molar-refractivity contribution in [2.45, 2.75) is 25.2 Å². The molecule has 0 radical (unpaired) electrons. The first-order chi connectivity index (χ1) is 13.1. The number of nitrogens with one attached hydrogen (secondary N) is 1. The Morgan fingerprint density at radius 3 is 2.70 bits per heavy atom. The number of thiazole rings is 1. The van der Waals surface area contributed by atoms with Gasteiger partial charge in [0.2, 0.25) is 5.65 Å². The summed E-state index contributed by atoms with van der Waals surface area (Å²) in [5, 5.41) is 11.6. The van der Waals surface area contributed by atoms with Crippen LogP contribution >= 0.6 is 11.3 Å². The zero-order valence-corrected chi connectivity index (χ0v) is 15.7. The summed E-state index contributed by atoms with van der Waals surface area (Å²) in [6, 6.07) is 11.7. The molecule has 1 aliphatic rings. The first-order valence-corrected chi connectivity index (χ1v) is 9.77. The fourth-order valence-corrected chi connectivity index (χ4v) is 4.73. The molecule has 5 rings (SSSR count). The number of aromatic amines is 1. The van der Waals surface area contributed by atoms with E-state index in [4.69, 9.17) is 4.98 Å². The second-order valence-electron chi connectivity index (χ2n) is 7.20.